The maximum atomic E-state index is 13.4. The number of halogens is 2. The van der Waals surface area contributed by atoms with E-state index in [9.17, 15) is 4.39 Å². The topological polar surface area (TPSA) is 48.9 Å². The van der Waals surface area contributed by atoms with Gasteiger partial charge in [-0.1, -0.05) is 35.9 Å². The molecule has 0 aliphatic carbocycles. The zero-order valence-corrected chi connectivity index (χ0v) is 16.8. The minimum Gasteiger partial charge on any atom is -0.379 e. The van der Waals surface area contributed by atoms with Crippen molar-refractivity contribution in [2.45, 2.75) is 12.6 Å². The maximum Gasteiger partial charge on any atom is 0.191 e. The lowest BCUT2D eigenvalue weighted by molar-refractivity contribution is 0.0170. The van der Waals surface area contributed by atoms with Crippen LogP contribution in [0.1, 0.15) is 17.2 Å². The summed E-state index contributed by atoms with van der Waals surface area (Å²) in [5.74, 6) is 0.439. The number of hydrogen-bond donors (Lipinski definition) is 2. The van der Waals surface area contributed by atoms with E-state index in [0.29, 0.717) is 19.0 Å². The van der Waals surface area contributed by atoms with Gasteiger partial charge < -0.3 is 15.4 Å². The first-order valence-electron chi connectivity index (χ1n) is 9.42. The quantitative estimate of drug-likeness (QED) is 0.573. The van der Waals surface area contributed by atoms with Crippen molar-refractivity contribution in [3.05, 3.63) is 70.5 Å². The van der Waals surface area contributed by atoms with Crippen molar-refractivity contribution in [2.75, 3.05) is 39.9 Å². The summed E-state index contributed by atoms with van der Waals surface area (Å²) < 4.78 is 18.8. The van der Waals surface area contributed by atoms with Gasteiger partial charge in [-0.2, -0.15) is 0 Å². The highest BCUT2D eigenvalue weighted by Gasteiger charge is 2.22. The number of aliphatic imine (C=N–C) groups is 1. The summed E-state index contributed by atoms with van der Waals surface area (Å²) >= 11 is 6.06. The van der Waals surface area contributed by atoms with E-state index in [2.05, 4.69) is 32.7 Å². The van der Waals surface area contributed by atoms with Crippen LogP contribution in [0.4, 0.5) is 4.39 Å². The van der Waals surface area contributed by atoms with E-state index in [1.807, 2.05) is 18.2 Å². The highest BCUT2D eigenvalue weighted by atomic mass is 35.5. The molecule has 3 rings (SSSR count). The van der Waals surface area contributed by atoms with E-state index in [1.54, 1.807) is 13.1 Å². The van der Waals surface area contributed by atoms with Crippen LogP contribution in [-0.2, 0) is 11.3 Å². The Kier molecular flexibility index (Phi) is 7.65. The van der Waals surface area contributed by atoms with Gasteiger partial charge in [0.1, 0.15) is 5.82 Å². The third-order valence-electron chi connectivity index (χ3n) is 4.78. The summed E-state index contributed by atoms with van der Waals surface area (Å²) in [6.45, 7) is 4.41. The number of guanidine groups is 1. The molecule has 1 fully saturated rings. The normalized spacial score (nSPS) is 16.6. The molecule has 28 heavy (non-hydrogen) atoms. The van der Waals surface area contributed by atoms with Gasteiger partial charge in [-0.25, -0.2) is 4.39 Å². The lowest BCUT2D eigenvalue weighted by atomic mass is 10.0. The lowest BCUT2D eigenvalue weighted by Crippen LogP contribution is -2.46. The number of nitrogens with zero attached hydrogens (tertiary/aromatic N) is 2. The van der Waals surface area contributed by atoms with Crippen LogP contribution in [0, 0.1) is 5.82 Å². The maximum absolute atomic E-state index is 13.4. The molecule has 0 bridgehead atoms. The summed E-state index contributed by atoms with van der Waals surface area (Å²) in [6.07, 6.45) is 0. The van der Waals surface area contributed by atoms with Gasteiger partial charge in [0.05, 0.1) is 19.3 Å². The molecule has 7 heteroatoms. The first-order chi connectivity index (χ1) is 13.7. The highest BCUT2D eigenvalue weighted by Crippen LogP contribution is 2.23. The molecule has 1 aliphatic heterocycles. The van der Waals surface area contributed by atoms with Crippen molar-refractivity contribution >= 4 is 17.6 Å². The standard InChI is InChI=1S/C21H26ClFN4O/c1-24-21(25-14-16-3-2-4-19(23)13-16)26-15-20(27-9-11-28-12-10-27)17-5-7-18(22)8-6-17/h2-8,13,20H,9-12,14-15H2,1H3,(H2,24,25,26). The molecule has 0 saturated carbocycles. The Labute approximate surface area is 170 Å². The van der Waals surface area contributed by atoms with E-state index in [4.69, 9.17) is 16.3 Å². The van der Waals surface area contributed by atoms with Crippen LogP contribution in [-0.4, -0.2) is 50.8 Å². The van der Waals surface area contributed by atoms with E-state index in [1.165, 1.54) is 17.7 Å². The van der Waals surface area contributed by atoms with Crippen LogP contribution in [0.2, 0.25) is 5.02 Å². The molecule has 1 heterocycles. The number of rotatable bonds is 6. The molecule has 150 valence electrons. The molecule has 5 nitrogen and oxygen atoms in total. The van der Waals surface area contributed by atoms with Crippen LogP contribution in [0.5, 0.6) is 0 Å². The molecule has 0 radical (unpaired) electrons. The average molecular weight is 405 g/mol. The first-order valence-corrected chi connectivity index (χ1v) is 9.80. The van der Waals surface area contributed by atoms with Crippen LogP contribution < -0.4 is 10.6 Å². The summed E-state index contributed by atoms with van der Waals surface area (Å²) in [6, 6.07) is 14.7. The molecule has 0 aromatic heterocycles. The molecule has 1 unspecified atom stereocenters. The molecule has 0 amide bonds. The summed E-state index contributed by atoms with van der Waals surface area (Å²) in [7, 11) is 1.73. The van der Waals surface area contributed by atoms with Gasteiger partial charge in [-0.05, 0) is 35.4 Å². The molecule has 2 N–H and O–H groups in total. The molecule has 2 aromatic carbocycles. The Morgan fingerprint density at radius 3 is 2.61 bits per heavy atom. The predicted octanol–water partition coefficient (Wildman–Crippen LogP) is 3.22. The molecule has 1 saturated heterocycles. The van der Waals surface area contributed by atoms with Crippen molar-refractivity contribution in [3.63, 3.8) is 0 Å². The van der Waals surface area contributed by atoms with E-state index < -0.39 is 0 Å². The monoisotopic (exact) mass is 404 g/mol. The van der Waals surface area contributed by atoms with Crippen molar-refractivity contribution in [3.8, 4) is 0 Å². The fourth-order valence-corrected chi connectivity index (χ4v) is 3.40. The van der Waals surface area contributed by atoms with E-state index in [0.717, 1.165) is 36.9 Å². The molecular formula is C21H26ClFN4O. The summed E-state index contributed by atoms with van der Waals surface area (Å²) in [5.41, 5.74) is 2.06. The molecule has 1 atom stereocenters. The number of ether oxygens (including phenoxy) is 1. The first kappa shape index (κ1) is 20.6. The Hall–Kier alpha value is -2.15. The van der Waals surface area contributed by atoms with Crippen molar-refractivity contribution in [1.29, 1.82) is 0 Å². The predicted molar refractivity (Wildman–Crippen MR) is 111 cm³/mol. The van der Waals surface area contributed by atoms with Gasteiger partial charge in [0.15, 0.2) is 5.96 Å². The van der Waals surface area contributed by atoms with Crippen molar-refractivity contribution in [2.24, 2.45) is 4.99 Å². The van der Waals surface area contributed by atoms with Gasteiger partial charge in [0.2, 0.25) is 0 Å². The zero-order valence-electron chi connectivity index (χ0n) is 16.0. The molecule has 0 spiro atoms. The van der Waals surface area contributed by atoms with E-state index >= 15 is 0 Å². The average Bonchev–Trinajstić information content (AvgIpc) is 2.72. The second-order valence-corrected chi connectivity index (χ2v) is 7.09. The Bertz CT molecular complexity index is 778. The van der Waals surface area contributed by atoms with Crippen LogP contribution in [0.25, 0.3) is 0 Å². The second kappa shape index (κ2) is 10.4. The van der Waals surface area contributed by atoms with Crippen LogP contribution in [0.15, 0.2) is 53.5 Å². The smallest absolute Gasteiger partial charge is 0.191 e. The second-order valence-electron chi connectivity index (χ2n) is 6.65. The third-order valence-corrected chi connectivity index (χ3v) is 5.03. The Morgan fingerprint density at radius 1 is 1.18 bits per heavy atom. The van der Waals surface area contributed by atoms with Gasteiger partial charge in [-0.3, -0.25) is 9.89 Å². The summed E-state index contributed by atoms with van der Waals surface area (Å²) in [4.78, 5) is 6.69. The molecule has 2 aromatic rings. The SMILES string of the molecule is CN=C(NCc1cccc(F)c1)NCC(c1ccc(Cl)cc1)N1CCOCC1. The van der Waals surface area contributed by atoms with Gasteiger partial charge in [-0.15, -0.1) is 0 Å². The Morgan fingerprint density at radius 2 is 1.93 bits per heavy atom. The van der Waals surface area contributed by atoms with Crippen LogP contribution >= 0.6 is 11.6 Å². The lowest BCUT2D eigenvalue weighted by Gasteiger charge is -2.35. The Balaban J connectivity index is 1.63. The van der Waals surface area contributed by atoms with Crippen molar-refractivity contribution in [1.82, 2.24) is 15.5 Å². The third kappa shape index (κ3) is 5.92. The molecular weight excluding hydrogens is 379 g/mol. The highest BCUT2D eigenvalue weighted by molar-refractivity contribution is 6.30. The summed E-state index contributed by atoms with van der Waals surface area (Å²) in [5, 5.41) is 7.36. The van der Waals surface area contributed by atoms with Crippen LogP contribution in [0.3, 0.4) is 0 Å². The largest absolute Gasteiger partial charge is 0.379 e. The fourth-order valence-electron chi connectivity index (χ4n) is 3.28. The molecule has 1 aliphatic rings. The number of morpholine rings is 1. The fraction of sp³-hybridized carbons (Fsp3) is 0.381. The minimum absolute atomic E-state index is 0.175. The minimum atomic E-state index is -0.239. The zero-order chi connectivity index (χ0) is 19.8. The van der Waals surface area contributed by atoms with Gasteiger partial charge in [0.25, 0.3) is 0 Å². The number of benzene rings is 2. The number of hydrogen-bond acceptors (Lipinski definition) is 3. The van der Waals surface area contributed by atoms with Gasteiger partial charge in [0, 0.05) is 38.2 Å². The van der Waals surface area contributed by atoms with Gasteiger partial charge >= 0.3 is 0 Å². The van der Waals surface area contributed by atoms with Crippen molar-refractivity contribution < 1.29 is 9.13 Å². The van der Waals surface area contributed by atoms with E-state index in [-0.39, 0.29) is 11.9 Å². The number of nitrogens with one attached hydrogen (secondary N) is 2.